The van der Waals surface area contributed by atoms with Crippen LogP contribution in [0.15, 0.2) is 41.5 Å². The van der Waals surface area contributed by atoms with Crippen LogP contribution in [0.1, 0.15) is 22.9 Å². The van der Waals surface area contributed by atoms with Crippen LogP contribution >= 0.6 is 35.6 Å². The summed E-state index contributed by atoms with van der Waals surface area (Å²) in [7, 11) is 7.63. The van der Waals surface area contributed by atoms with Crippen molar-refractivity contribution in [3.63, 3.8) is 0 Å². The highest BCUT2D eigenvalue weighted by Crippen LogP contribution is 2.15. The molecule has 0 saturated heterocycles. The van der Waals surface area contributed by atoms with E-state index in [0.717, 1.165) is 47.0 Å². The lowest BCUT2D eigenvalue weighted by Crippen LogP contribution is -2.40. The SMILES string of the molecule is COc1ccc(CCNC(=NCc2nnc(C)n2C)N(C)Cc2cc(Cl)cn2C)cc1.I. The van der Waals surface area contributed by atoms with E-state index < -0.39 is 0 Å². The summed E-state index contributed by atoms with van der Waals surface area (Å²) < 4.78 is 9.21. The van der Waals surface area contributed by atoms with Crippen molar-refractivity contribution in [2.24, 2.45) is 19.1 Å². The number of guanidine groups is 1. The predicted octanol–water partition coefficient (Wildman–Crippen LogP) is 3.56. The molecule has 0 aliphatic rings. The molecule has 10 heteroatoms. The van der Waals surface area contributed by atoms with Gasteiger partial charge in [0.15, 0.2) is 11.8 Å². The molecule has 0 aliphatic heterocycles. The number of nitrogens with one attached hydrogen (secondary N) is 1. The van der Waals surface area contributed by atoms with E-state index in [1.165, 1.54) is 5.56 Å². The van der Waals surface area contributed by atoms with Gasteiger partial charge in [0, 0.05) is 39.6 Å². The summed E-state index contributed by atoms with van der Waals surface area (Å²) in [6.07, 6.45) is 2.77. The maximum atomic E-state index is 6.15. The molecule has 174 valence electrons. The van der Waals surface area contributed by atoms with E-state index in [1.807, 2.05) is 61.6 Å². The molecule has 0 atom stereocenters. The van der Waals surface area contributed by atoms with Crippen LogP contribution in [0.5, 0.6) is 5.75 Å². The molecule has 0 saturated carbocycles. The number of aryl methyl sites for hydroxylation is 2. The molecule has 0 bridgehead atoms. The van der Waals surface area contributed by atoms with Gasteiger partial charge < -0.3 is 24.1 Å². The van der Waals surface area contributed by atoms with Gasteiger partial charge in [0.05, 0.1) is 18.7 Å². The van der Waals surface area contributed by atoms with Gasteiger partial charge in [-0.15, -0.1) is 34.2 Å². The molecule has 0 radical (unpaired) electrons. The number of hydrogen-bond acceptors (Lipinski definition) is 4. The van der Waals surface area contributed by atoms with Crippen molar-refractivity contribution >= 4 is 41.5 Å². The summed E-state index contributed by atoms with van der Waals surface area (Å²) in [6, 6.07) is 10.1. The summed E-state index contributed by atoms with van der Waals surface area (Å²) >= 11 is 6.15. The molecule has 2 heterocycles. The lowest BCUT2D eigenvalue weighted by atomic mass is 10.1. The van der Waals surface area contributed by atoms with Crippen molar-refractivity contribution in [1.82, 2.24) is 29.5 Å². The van der Waals surface area contributed by atoms with Gasteiger partial charge >= 0.3 is 0 Å². The molecule has 3 aromatic rings. The van der Waals surface area contributed by atoms with E-state index in [-0.39, 0.29) is 24.0 Å². The van der Waals surface area contributed by atoms with Crippen LogP contribution in [0, 0.1) is 6.92 Å². The first-order chi connectivity index (χ1) is 14.9. The fraction of sp³-hybridized carbons (Fsp3) is 0.409. The van der Waals surface area contributed by atoms with Gasteiger partial charge in [-0.3, -0.25) is 0 Å². The van der Waals surface area contributed by atoms with E-state index in [9.17, 15) is 0 Å². The molecule has 0 aliphatic carbocycles. The van der Waals surface area contributed by atoms with E-state index in [1.54, 1.807) is 7.11 Å². The molecule has 0 fully saturated rings. The first kappa shape index (κ1) is 26.0. The second kappa shape index (κ2) is 12.1. The molecule has 1 aromatic carbocycles. The van der Waals surface area contributed by atoms with Crippen molar-refractivity contribution in [2.75, 3.05) is 20.7 Å². The third-order valence-corrected chi connectivity index (χ3v) is 5.45. The zero-order valence-corrected chi connectivity index (χ0v) is 22.3. The maximum absolute atomic E-state index is 6.15. The van der Waals surface area contributed by atoms with Crippen LogP contribution in [-0.2, 0) is 33.6 Å². The minimum atomic E-state index is 0. The number of aliphatic imine (C=N–C) groups is 1. The number of halogens is 2. The molecule has 0 amide bonds. The van der Waals surface area contributed by atoms with Crippen LogP contribution in [0.2, 0.25) is 5.02 Å². The predicted molar refractivity (Wildman–Crippen MR) is 139 cm³/mol. The number of rotatable bonds is 8. The Balaban J connectivity index is 0.00000363. The quantitative estimate of drug-likeness (QED) is 0.254. The molecule has 8 nitrogen and oxygen atoms in total. The Morgan fingerprint density at radius 2 is 1.94 bits per heavy atom. The molecule has 3 rings (SSSR count). The monoisotopic (exact) mass is 571 g/mol. The Morgan fingerprint density at radius 1 is 1.22 bits per heavy atom. The average molecular weight is 572 g/mol. The number of hydrogen-bond donors (Lipinski definition) is 1. The Morgan fingerprint density at radius 3 is 2.50 bits per heavy atom. The number of methoxy groups -OCH3 is 1. The van der Waals surface area contributed by atoms with Gasteiger partial charge in [-0.1, -0.05) is 23.7 Å². The van der Waals surface area contributed by atoms with E-state index in [0.29, 0.717) is 13.1 Å². The van der Waals surface area contributed by atoms with Crippen LogP contribution < -0.4 is 10.1 Å². The first-order valence-electron chi connectivity index (χ1n) is 10.2. The van der Waals surface area contributed by atoms with Gasteiger partial charge in [-0.2, -0.15) is 0 Å². The molecule has 2 aromatic heterocycles. The Labute approximate surface area is 211 Å². The largest absolute Gasteiger partial charge is 0.497 e. The van der Waals surface area contributed by atoms with Gasteiger partial charge in [-0.25, -0.2) is 4.99 Å². The van der Waals surface area contributed by atoms with Crippen molar-refractivity contribution in [3.05, 3.63) is 64.5 Å². The van der Waals surface area contributed by atoms with Crippen molar-refractivity contribution in [2.45, 2.75) is 26.4 Å². The zero-order chi connectivity index (χ0) is 22.4. The zero-order valence-electron chi connectivity index (χ0n) is 19.2. The van der Waals surface area contributed by atoms with Crippen molar-refractivity contribution in [1.29, 1.82) is 0 Å². The lowest BCUT2D eigenvalue weighted by molar-refractivity contribution is 0.414. The normalized spacial score (nSPS) is 11.2. The average Bonchev–Trinajstić information content (AvgIpc) is 3.25. The minimum absolute atomic E-state index is 0. The summed E-state index contributed by atoms with van der Waals surface area (Å²) in [5, 5.41) is 12.5. The molecular formula is C22H31ClIN7O. The second-order valence-corrected chi connectivity index (χ2v) is 7.94. The highest BCUT2D eigenvalue weighted by molar-refractivity contribution is 14.0. The fourth-order valence-electron chi connectivity index (χ4n) is 3.20. The van der Waals surface area contributed by atoms with E-state index >= 15 is 0 Å². The Hall–Kier alpha value is -2.27. The highest BCUT2D eigenvalue weighted by Gasteiger charge is 2.12. The lowest BCUT2D eigenvalue weighted by Gasteiger charge is -2.23. The minimum Gasteiger partial charge on any atom is -0.497 e. The standard InChI is InChI=1S/C22H30ClN7O.HI/c1-16-26-27-21(30(16)4)13-25-22(29(3)15-19-12-18(23)14-28(19)2)24-11-10-17-6-8-20(31-5)9-7-17;/h6-9,12,14H,10-11,13,15H2,1-5H3,(H,24,25);1H. The summed E-state index contributed by atoms with van der Waals surface area (Å²) in [4.78, 5) is 6.89. The topological polar surface area (TPSA) is 72.5 Å². The first-order valence-corrected chi connectivity index (χ1v) is 10.5. The smallest absolute Gasteiger partial charge is 0.194 e. The van der Waals surface area contributed by atoms with Crippen molar-refractivity contribution < 1.29 is 4.74 Å². The van der Waals surface area contributed by atoms with Gasteiger partial charge in [0.1, 0.15) is 18.1 Å². The number of benzene rings is 1. The summed E-state index contributed by atoms with van der Waals surface area (Å²) in [5.74, 6) is 3.35. The molecule has 1 N–H and O–H groups in total. The molecular weight excluding hydrogens is 541 g/mol. The number of nitrogens with zero attached hydrogens (tertiary/aromatic N) is 6. The second-order valence-electron chi connectivity index (χ2n) is 7.50. The fourth-order valence-corrected chi connectivity index (χ4v) is 3.47. The molecule has 0 unspecified atom stereocenters. The Bertz CT molecular complexity index is 1030. The van der Waals surface area contributed by atoms with Crippen molar-refractivity contribution in [3.8, 4) is 5.75 Å². The molecule has 32 heavy (non-hydrogen) atoms. The third kappa shape index (κ3) is 6.86. The van der Waals surface area contributed by atoms with Gasteiger partial charge in [0.25, 0.3) is 0 Å². The van der Waals surface area contributed by atoms with Crippen LogP contribution in [0.4, 0.5) is 0 Å². The molecule has 0 spiro atoms. The highest BCUT2D eigenvalue weighted by atomic mass is 127. The van der Waals surface area contributed by atoms with Gasteiger partial charge in [-0.05, 0) is 37.1 Å². The van der Waals surface area contributed by atoms with Crippen LogP contribution in [0.25, 0.3) is 0 Å². The summed E-state index contributed by atoms with van der Waals surface area (Å²) in [6.45, 7) is 3.80. The van der Waals surface area contributed by atoms with Crippen LogP contribution in [0.3, 0.4) is 0 Å². The van der Waals surface area contributed by atoms with E-state index in [2.05, 4.69) is 32.5 Å². The third-order valence-electron chi connectivity index (χ3n) is 5.24. The van der Waals surface area contributed by atoms with Crippen LogP contribution in [-0.4, -0.2) is 50.9 Å². The van der Waals surface area contributed by atoms with E-state index in [4.69, 9.17) is 21.3 Å². The van der Waals surface area contributed by atoms with Gasteiger partial charge in [0.2, 0.25) is 0 Å². The maximum Gasteiger partial charge on any atom is 0.194 e. The number of aromatic nitrogens is 4. The summed E-state index contributed by atoms with van der Waals surface area (Å²) in [5.41, 5.74) is 2.33. The number of ether oxygens (including phenoxy) is 1. The Kier molecular flexibility index (Phi) is 9.83.